The Morgan fingerprint density at radius 1 is 0.830 bits per heavy atom. The molecule has 0 bridgehead atoms. The predicted molar refractivity (Wildman–Crippen MR) is 207 cm³/mol. The standard InChI is InChI=1S/C33H32N2.C9H9N.C2H6/c1-24-12-6-8-14-29(24)32-30-15-9-7-13-28(30)22-31(35(32)4)27-18-16-26(17-19-27)25(2)34-23-33(3)20-10-5-11-21-33;1-8(10-2)9-6-4-3-5-7-9;1-2/h5-20,22H,1,21,23H2,2-4H3;3-7H,1-2H2;1-2H3/b32-29-,34-25?;;. The highest BCUT2D eigenvalue weighted by molar-refractivity contribution is 5.99. The van der Waals surface area contributed by atoms with Crippen molar-refractivity contribution in [1.29, 1.82) is 0 Å². The molecule has 1 unspecified atom stereocenters. The van der Waals surface area contributed by atoms with Crippen molar-refractivity contribution in [2.24, 2.45) is 15.4 Å². The molecular weight excluding hydrogens is 571 g/mol. The van der Waals surface area contributed by atoms with E-state index >= 15 is 0 Å². The van der Waals surface area contributed by atoms with E-state index in [0.29, 0.717) is 0 Å². The van der Waals surface area contributed by atoms with Gasteiger partial charge in [0.15, 0.2) is 0 Å². The summed E-state index contributed by atoms with van der Waals surface area (Å²) in [5.74, 6) is 0. The second-order valence-corrected chi connectivity index (χ2v) is 11.8. The van der Waals surface area contributed by atoms with Crippen molar-refractivity contribution in [2.45, 2.75) is 34.1 Å². The van der Waals surface area contributed by atoms with Crippen LogP contribution in [0.15, 0.2) is 144 Å². The molecule has 0 amide bonds. The molecular formula is C44H47N3. The molecule has 0 spiro atoms. The van der Waals surface area contributed by atoms with Gasteiger partial charge in [0.1, 0.15) is 0 Å². The first-order valence-electron chi connectivity index (χ1n) is 16.3. The summed E-state index contributed by atoms with van der Waals surface area (Å²) < 4.78 is 0. The van der Waals surface area contributed by atoms with Gasteiger partial charge in [0.05, 0.1) is 11.4 Å². The second-order valence-electron chi connectivity index (χ2n) is 11.8. The normalized spacial score (nSPS) is 17.7. The van der Waals surface area contributed by atoms with Crippen LogP contribution >= 0.6 is 0 Å². The van der Waals surface area contributed by atoms with Gasteiger partial charge in [-0.25, -0.2) is 0 Å². The molecule has 1 atom stereocenters. The van der Waals surface area contributed by atoms with Gasteiger partial charge >= 0.3 is 0 Å². The number of nitrogens with zero attached hydrogens (tertiary/aromatic N) is 3. The lowest BCUT2D eigenvalue weighted by atomic mass is 9.84. The summed E-state index contributed by atoms with van der Waals surface area (Å²) in [6, 6.07) is 35.5. The number of rotatable bonds is 6. The van der Waals surface area contributed by atoms with E-state index in [0.717, 1.165) is 40.4 Å². The molecule has 1 aliphatic heterocycles. The van der Waals surface area contributed by atoms with Crippen LogP contribution in [0.25, 0.3) is 29.7 Å². The highest BCUT2D eigenvalue weighted by atomic mass is 15.1. The van der Waals surface area contributed by atoms with E-state index in [1.54, 1.807) is 0 Å². The Hall–Kier alpha value is -5.28. The van der Waals surface area contributed by atoms with E-state index in [2.05, 4.69) is 148 Å². The van der Waals surface area contributed by atoms with Crippen molar-refractivity contribution in [1.82, 2.24) is 4.90 Å². The molecule has 3 nitrogen and oxygen atoms in total. The lowest BCUT2D eigenvalue weighted by Crippen LogP contribution is -2.33. The minimum absolute atomic E-state index is 0.107. The fraction of sp³-hybridized carbons (Fsp3) is 0.182. The smallest absolute Gasteiger partial charge is 0.0622 e. The summed E-state index contributed by atoms with van der Waals surface area (Å²) >= 11 is 0. The second kappa shape index (κ2) is 16.3. The maximum absolute atomic E-state index is 4.93. The molecule has 238 valence electrons. The van der Waals surface area contributed by atoms with Crippen LogP contribution in [0, 0.1) is 5.41 Å². The molecule has 1 aliphatic carbocycles. The molecule has 0 fully saturated rings. The molecule has 0 N–H and O–H groups in total. The zero-order chi connectivity index (χ0) is 33.8. The Bertz CT molecular complexity index is 1920. The highest BCUT2D eigenvalue weighted by Crippen LogP contribution is 2.35. The van der Waals surface area contributed by atoms with Gasteiger partial charge in [0, 0.05) is 41.2 Å². The molecule has 4 aromatic rings. The molecule has 0 radical (unpaired) electrons. The average Bonchev–Trinajstić information content (AvgIpc) is 3.12. The van der Waals surface area contributed by atoms with Crippen molar-refractivity contribution < 1.29 is 0 Å². The molecule has 47 heavy (non-hydrogen) atoms. The Labute approximate surface area is 281 Å². The maximum atomic E-state index is 4.93. The third-order valence-corrected chi connectivity index (χ3v) is 8.38. The van der Waals surface area contributed by atoms with Crippen molar-refractivity contribution >= 4 is 42.2 Å². The first-order chi connectivity index (χ1) is 22.8. The molecule has 0 saturated carbocycles. The highest BCUT2D eigenvalue weighted by Gasteiger charge is 2.23. The van der Waals surface area contributed by atoms with E-state index < -0.39 is 0 Å². The Kier molecular flexibility index (Phi) is 12.0. The predicted octanol–water partition coefficient (Wildman–Crippen LogP) is 9.41. The number of allylic oxidation sites excluding steroid dienone is 3. The molecule has 2 aliphatic rings. The van der Waals surface area contributed by atoms with Crippen molar-refractivity contribution in [3.63, 3.8) is 0 Å². The van der Waals surface area contributed by atoms with Crippen molar-refractivity contribution in [2.75, 3.05) is 13.6 Å². The first kappa shape index (κ1) is 34.6. The number of hydrogen-bond donors (Lipinski definition) is 0. The summed E-state index contributed by atoms with van der Waals surface area (Å²) in [5.41, 5.74) is 10.1. The van der Waals surface area contributed by atoms with Crippen molar-refractivity contribution in [3.8, 4) is 0 Å². The van der Waals surface area contributed by atoms with Crippen LogP contribution in [0.5, 0.6) is 0 Å². The minimum Gasteiger partial charge on any atom is -0.343 e. The lowest BCUT2D eigenvalue weighted by Gasteiger charge is -2.31. The number of fused-ring (bicyclic) bond motifs is 1. The van der Waals surface area contributed by atoms with E-state index in [4.69, 9.17) is 4.99 Å². The largest absolute Gasteiger partial charge is 0.343 e. The molecule has 4 aromatic carbocycles. The van der Waals surface area contributed by atoms with Gasteiger partial charge < -0.3 is 4.90 Å². The van der Waals surface area contributed by atoms with E-state index in [1.807, 2.05) is 50.2 Å². The van der Waals surface area contributed by atoms with Crippen LogP contribution in [0.4, 0.5) is 0 Å². The van der Waals surface area contributed by atoms with E-state index in [-0.39, 0.29) is 5.41 Å². The van der Waals surface area contributed by atoms with Gasteiger partial charge in [-0.15, -0.1) is 0 Å². The van der Waals surface area contributed by atoms with Crippen LogP contribution in [-0.2, 0) is 0 Å². The van der Waals surface area contributed by atoms with Gasteiger partial charge in [-0.1, -0.05) is 161 Å². The summed E-state index contributed by atoms with van der Waals surface area (Å²) in [4.78, 5) is 10.9. The SMILES string of the molecule is C=NC(=C)c1ccccc1.C=c1cccc/c1=C1\c2ccccc2C=C(c2ccc(C(C)=NCC3(C)C=CC=CC3)cc2)N1C.CC. The molecule has 0 saturated heterocycles. The molecule has 0 aromatic heterocycles. The van der Waals surface area contributed by atoms with Gasteiger partial charge in [0.2, 0.25) is 0 Å². The quantitative estimate of drug-likeness (QED) is 0.198. The minimum atomic E-state index is 0.107. The fourth-order valence-electron chi connectivity index (χ4n) is 5.62. The average molecular weight is 618 g/mol. The molecule has 3 heteroatoms. The summed E-state index contributed by atoms with van der Waals surface area (Å²) in [6.07, 6.45) is 12.1. The number of aliphatic imine (C=N–C) groups is 2. The van der Waals surface area contributed by atoms with E-state index in [9.17, 15) is 0 Å². The third kappa shape index (κ3) is 8.51. The third-order valence-electron chi connectivity index (χ3n) is 8.38. The summed E-state index contributed by atoms with van der Waals surface area (Å²) in [5, 5.41) is 2.19. The molecule has 1 heterocycles. The number of hydrogen-bond acceptors (Lipinski definition) is 3. The monoisotopic (exact) mass is 617 g/mol. The summed E-state index contributed by atoms with van der Waals surface area (Å²) in [7, 11) is 2.15. The van der Waals surface area contributed by atoms with Crippen LogP contribution in [-0.4, -0.2) is 30.9 Å². The topological polar surface area (TPSA) is 28.0 Å². The van der Waals surface area contributed by atoms with E-state index in [1.165, 1.54) is 33.6 Å². The zero-order valence-corrected chi connectivity index (χ0v) is 28.6. The van der Waals surface area contributed by atoms with Crippen LogP contribution in [0.2, 0.25) is 0 Å². The fourth-order valence-corrected chi connectivity index (χ4v) is 5.62. The van der Waals surface area contributed by atoms with Gasteiger partial charge in [-0.05, 0) is 53.6 Å². The Morgan fingerprint density at radius 2 is 1.49 bits per heavy atom. The van der Waals surface area contributed by atoms with Crippen LogP contribution in [0.3, 0.4) is 0 Å². The van der Waals surface area contributed by atoms with Gasteiger partial charge in [-0.2, -0.15) is 0 Å². The summed E-state index contributed by atoms with van der Waals surface area (Å²) in [6.45, 7) is 20.6. The first-order valence-corrected chi connectivity index (χ1v) is 16.3. The van der Waals surface area contributed by atoms with Gasteiger partial charge in [0.25, 0.3) is 0 Å². The Balaban J connectivity index is 0.000000354. The zero-order valence-electron chi connectivity index (χ0n) is 28.6. The van der Waals surface area contributed by atoms with Crippen LogP contribution < -0.4 is 10.4 Å². The maximum Gasteiger partial charge on any atom is 0.0622 e. The lowest BCUT2D eigenvalue weighted by molar-refractivity contribution is 0.445. The van der Waals surface area contributed by atoms with Gasteiger partial charge in [-0.3, -0.25) is 9.98 Å². The van der Waals surface area contributed by atoms with Crippen LogP contribution in [0.1, 0.15) is 61.9 Å². The number of benzene rings is 4. The van der Waals surface area contributed by atoms with Crippen molar-refractivity contribution in [3.05, 3.63) is 172 Å². The Morgan fingerprint density at radius 3 is 2.15 bits per heavy atom. The molecule has 6 rings (SSSR count).